The molecule has 1 aliphatic carbocycles. The van der Waals surface area contributed by atoms with E-state index in [-0.39, 0.29) is 36.8 Å². The fraction of sp³-hybridized carbons (Fsp3) is 0.480. The summed E-state index contributed by atoms with van der Waals surface area (Å²) in [5.74, 6) is -0.247. The average Bonchev–Trinajstić information content (AvgIpc) is 3.42. The van der Waals surface area contributed by atoms with Crippen LogP contribution in [0.4, 0.5) is 13.2 Å². The molecule has 0 spiro atoms. The number of nitrogens with zero attached hydrogens (tertiary/aromatic N) is 4. The van der Waals surface area contributed by atoms with E-state index in [4.69, 9.17) is 0 Å². The normalized spacial score (nSPS) is 22.3. The van der Waals surface area contributed by atoms with E-state index in [1.165, 1.54) is 15.9 Å². The Hall–Kier alpha value is -2.88. The molecule has 4 heterocycles. The smallest absolute Gasteiger partial charge is 0.329 e. The van der Waals surface area contributed by atoms with Crippen molar-refractivity contribution in [1.29, 1.82) is 0 Å². The van der Waals surface area contributed by atoms with Gasteiger partial charge in [0.25, 0.3) is 11.5 Å². The highest BCUT2D eigenvalue weighted by Gasteiger charge is 2.54. The molecule has 0 saturated carbocycles. The number of carbonyl (C=O) groups is 1. The maximum atomic E-state index is 13.8. The zero-order chi connectivity index (χ0) is 25.1. The minimum atomic E-state index is -4.23. The van der Waals surface area contributed by atoms with Crippen LogP contribution >= 0.6 is 11.3 Å². The van der Waals surface area contributed by atoms with Crippen molar-refractivity contribution >= 4 is 17.2 Å². The van der Waals surface area contributed by atoms with Crippen LogP contribution < -0.4 is 5.56 Å². The lowest BCUT2D eigenvalue weighted by Crippen LogP contribution is -2.49. The van der Waals surface area contributed by atoms with Crippen LogP contribution in [-0.2, 0) is 25.9 Å². The van der Waals surface area contributed by atoms with E-state index in [0.29, 0.717) is 30.9 Å². The van der Waals surface area contributed by atoms with Crippen LogP contribution in [0.25, 0.3) is 5.69 Å². The number of imidazole rings is 1. The molecule has 35 heavy (non-hydrogen) atoms. The van der Waals surface area contributed by atoms with Gasteiger partial charge in [-0.05, 0) is 68.2 Å². The Labute approximate surface area is 205 Å². The monoisotopic (exact) mass is 504 g/mol. The summed E-state index contributed by atoms with van der Waals surface area (Å²) in [7, 11) is 0. The van der Waals surface area contributed by atoms with E-state index in [1.54, 1.807) is 41.0 Å². The highest BCUT2D eigenvalue weighted by Crippen LogP contribution is 2.51. The molecule has 0 fully saturated rings. The third kappa shape index (κ3) is 3.82. The molecule has 3 aromatic heterocycles. The Balaban J connectivity index is 1.42. The fourth-order valence-corrected chi connectivity index (χ4v) is 6.59. The predicted molar refractivity (Wildman–Crippen MR) is 127 cm³/mol. The molecule has 0 radical (unpaired) electrons. The van der Waals surface area contributed by atoms with Crippen molar-refractivity contribution in [1.82, 2.24) is 19.0 Å². The first-order valence-corrected chi connectivity index (χ1v) is 12.6. The molecule has 6 nitrogen and oxygen atoms in total. The van der Waals surface area contributed by atoms with Crippen molar-refractivity contribution in [3.05, 3.63) is 67.8 Å². The molecule has 186 valence electrons. The zero-order valence-electron chi connectivity index (χ0n) is 19.9. The predicted octanol–water partition coefficient (Wildman–Crippen LogP) is 4.90. The summed E-state index contributed by atoms with van der Waals surface area (Å²) in [6.45, 7) is 6.02. The van der Waals surface area contributed by atoms with E-state index >= 15 is 0 Å². The van der Waals surface area contributed by atoms with Crippen LogP contribution in [0.3, 0.4) is 0 Å². The van der Waals surface area contributed by atoms with Gasteiger partial charge in [-0.25, -0.2) is 4.98 Å². The number of rotatable bonds is 4. The SMILES string of the molecule is CCC1(C(F)(F)F)CCc2c(CN3C(=O)c4ccc(-n5cnc(C)c5)c(=O)n4CC3C)csc2C1. The summed E-state index contributed by atoms with van der Waals surface area (Å²) in [5.41, 5.74) is 1.49. The minimum absolute atomic E-state index is 0.00519. The molecule has 0 N–H and O–H groups in total. The van der Waals surface area contributed by atoms with Crippen LogP contribution in [0.5, 0.6) is 0 Å². The summed E-state index contributed by atoms with van der Waals surface area (Å²) < 4.78 is 44.6. The fourth-order valence-electron chi connectivity index (χ4n) is 5.35. The Morgan fingerprint density at radius 2 is 2.03 bits per heavy atom. The second kappa shape index (κ2) is 8.36. The molecule has 2 aliphatic rings. The number of alkyl halides is 3. The Bertz CT molecular complexity index is 1360. The van der Waals surface area contributed by atoms with E-state index < -0.39 is 11.6 Å². The number of aromatic nitrogens is 3. The van der Waals surface area contributed by atoms with Crippen molar-refractivity contribution in [2.45, 2.75) is 71.8 Å². The van der Waals surface area contributed by atoms with Gasteiger partial charge in [0.1, 0.15) is 11.4 Å². The summed E-state index contributed by atoms with van der Waals surface area (Å²) in [5, 5.41) is 1.90. The summed E-state index contributed by atoms with van der Waals surface area (Å²) in [6, 6.07) is 3.06. The van der Waals surface area contributed by atoms with Crippen molar-refractivity contribution < 1.29 is 18.0 Å². The third-order valence-electron chi connectivity index (χ3n) is 7.64. The van der Waals surface area contributed by atoms with Crippen LogP contribution in [0, 0.1) is 12.3 Å². The van der Waals surface area contributed by atoms with Crippen molar-refractivity contribution in [3.8, 4) is 5.69 Å². The number of amides is 1. The first-order valence-electron chi connectivity index (χ1n) is 11.8. The van der Waals surface area contributed by atoms with Gasteiger partial charge in [-0.3, -0.25) is 9.59 Å². The lowest BCUT2D eigenvalue weighted by molar-refractivity contribution is -0.229. The second-order valence-electron chi connectivity index (χ2n) is 9.70. The van der Waals surface area contributed by atoms with E-state index in [1.807, 2.05) is 19.2 Å². The van der Waals surface area contributed by atoms with Crippen LogP contribution in [-0.4, -0.2) is 37.1 Å². The van der Waals surface area contributed by atoms with Crippen LogP contribution in [0.2, 0.25) is 0 Å². The largest absolute Gasteiger partial charge is 0.394 e. The average molecular weight is 505 g/mol. The van der Waals surface area contributed by atoms with Crippen molar-refractivity contribution in [2.24, 2.45) is 5.41 Å². The van der Waals surface area contributed by atoms with Crippen LogP contribution in [0.15, 0.2) is 34.8 Å². The van der Waals surface area contributed by atoms with Gasteiger partial charge in [0.05, 0.1) is 17.4 Å². The van der Waals surface area contributed by atoms with Gasteiger partial charge in [0.2, 0.25) is 0 Å². The molecule has 0 saturated heterocycles. The Morgan fingerprint density at radius 1 is 1.26 bits per heavy atom. The topological polar surface area (TPSA) is 60.1 Å². The molecule has 10 heteroatoms. The molecule has 3 aromatic rings. The van der Waals surface area contributed by atoms with Gasteiger partial charge in [0.15, 0.2) is 0 Å². The quantitative estimate of drug-likeness (QED) is 0.508. The number of halogens is 3. The van der Waals surface area contributed by atoms with Gasteiger partial charge >= 0.3 is 6.18 Å². The first kappa shape index (κ1) is 23.8. The number of thiophene rings is 1. The maximum Gasteiger partial charge on any atom is 0.394 e. The number of hydrogen-bond acceptors (Lipinski definition) is 4. The Morgan fingerprint density at radius 3 is 2.69 bits per heavy atom. The number of hydrogen-bond donors (Lipinski definition) is 0. The molecule has 0 bridgehead atoms. The zero-order valence-corrected chi connectivity index (χ0v) is 20.7. The highest BCUT2D eigenvalue weighted by molar-refractivity contribution is 7.10. The van der Waals surface area contributed by atoms with Crippen molar-refractivity contribution in [2.75, 3.05) is 0 Å². The molecule has 2 atom stereocenters. The molecule has 5 rings (SSSR count). The summed E-state index contributed by atoms with van der Waals surface area (Å²) in [6.07, 6.45) is -0.390. The molecule has 1 aliphatic heterocycles. The van der Waals surface area contributed by atoms with Crippen LogP contribution in [0.1, 0.15) is 58.9 Å². The van der Waals surface area contributed by atoms with Crippen molar-refractivity contribution in [3.63, 3.8) is 0 Å². The minimum Gasteiger partial charge on any atom is -0.329 e. The summed E-state index contributed by atoms with van der Waals surface area (Å²) in [4.78, 5) is 33.2. The highest BCUT2D eigenvalue weighted by atomic mass is 32.1. The summed E-state index contributed by atoms with van der Waals surface area (Å²) >= 11 is 1.36. The third-order valence-corrected chi connectivity index (χ3v) is 8.72. The molecular weight excluding hydrogens is 477 g/mol. The van der Waals surface area contributed by atoms with E-state index in [0.717, 1.165) is 21.7 Å². The first-order chi connectivity index (χ1) is 16.5. The van der Waals surface area contributed by atoms with E-state index in [2.05, 4.69) is 4.98 Å². The van der Waals surface area contributed by atoms with Gasteiger partial charge < -0.3 is 14.0 Å². The number of pyridine rings is 1. The lowest BCUT2D eigenvalue weighted by atomic mass is 9.71. The Kier molecular flexibility index (Phi) is 5.69. The molecule has 1 amide bonds. The molecule has 0 aromatic carbocycles. The van der Waals surface area contributed by atoms with Gasteiger partial charge in [-0.2, -0.15) is 13.2 Å². The number of carbonyl (C=O) groups excluding carboxylic acids is 1. The van der Waals surface area contributed by atoms with Gasteiger partial charge in [-0.15, -0.1) is 11.3 Å². The number of fused-ring (bicyclic) bond motifs is 2. The van der Waals surface area contributed by atoms with Gasteiger partial charge in [0, 0.05) is 30.2 Å². The standard InChI is InChI=1S/C25H27F3N4O2S/c1-4-24(25(26,27)28)8-7-18-17(13-35-21(18)9-24)12-31-16(3)11-32-20(23(31)34)6-5-19(22(32)33)30-10-15(2)29-14-30/h5-6,10,13-14,16H,4,7-9,11-12H2,1-3H3. The number of aryl methyl sites for hydroxylation is 1. The van der Waals surface area contributed by atoms with E-state index in [9.17, 15) is 22.8 Å². The molecule has 2 unspecified atom stereocenters. The maximum absolute atomic E-state index is 13.8. The second-order valence-corrected chi connectivity index (χ2v) is 10.7. The lowest BCUT2D eigenvalue weighted by Gasteiger charge is -2.39. The molecular formula is C25H27F3N4O2S. The van der Waals surface area contributed by atoms with Gasteiger partial charge in [-0.1, -0.05) is 6.92 Å².